The van der Waals surface area contributed by atoms with Gasteiger partial charge in [-0.15, -0.1) is 0 Å². The molecule has 0 bridgehead atoms. The Bertz CT molecular complexity index is 565. The second kappa shape index (κ2) is 5.85. The van der Waals surface area contributed by atoms with E-state index in [1.54, 1.807) is 12.5 Å². The van der Waals surface area contributed by atoms with Gasteiger partial charge in [-0.3, -0.25) is 0 Å². The Balaban J connectivity index is 1.88. The maximum absolute atomic E-state index is 6.17. The number of ether oxygens (including phenoxy) is 1. The van der Waals surface area contributed by atoms with Crippen LogP contribution in [0.3, 0.4) is 0 Å². The molecule has 3 rings (SSSR count). The monoisotopic (exact) mass is 292 g/mol. The molecule has 20 heavy (non-hydrogen) atoms. The smallest absolute Gasteiger partial charge is 0.235 e. The van der Waals surface area contributed by atoms with Gasteiger partial charge in [0.1, 0.15) is 12.0 Å². The molecule has 5 heteroatoms. The molecule has 1 saturated heterocycles. The number of aromatic nitrogens is 1. The zero-order valence-electron chi connectivity index (χ0n) is 11.3. The van der Waals surface area contributed by atoms with Gasteiger partial charge in [-0.05, 0) is 32.0 Å². The van der Waals surface area contributed by atoms with Gasteiger partial charge in [-0.2, -0.15) is 0 Å². The van der Waals surface area contributed by atoms with Gasteiger partial charge in [-0.25, -0.2) is 4.98 Å². The standard InChI is InChI=1S/C15H17ClN2O2/c1-10-12(16)3-2-4-13(10)20-14(11-5-6-17-9-11)15-18-7-8-19-15/h2-4,7-8,11,14,17H,5-6,9H2,1H3. The number of hydrogen-bond acceptors (Lipinski definition) is 4. The lowest BCUT2D eigenvalue weighted by atomic mass is 10.0. The maximum atomic E-state index is 6.17. The fourth-order valence-electron chi connectivity index (χ4n) is 2.51. The first-order chi connectivity index (χ1) is 9.75. The lowest BCUT2D eigenvalue weighted by molar-refractivity contribution is 0.113. The van der Waals surface area contributed by atoms with Crippen LogP contribution < -0.4 is 10.1 Å². The van der Waals surface area contributed by atoms with Gasteiger partial charge in [0.15, 0.2) is 6.10 Å². The fourth-order valence-corrected chi connectivity index (χ4v) is 2.68. The van der Waals surface area contributed by atoms with Crippen LogP contribution in [0.4, 0.5) is 0 Å². The third-order valence-corrected chi connectivity index (χ3v) is 4.10. The molecule has 1 aliphatic heterocycles. The Morgan fingerprint density at radius 2 is 2.40 bits per heavy atom. The third kappa shape index (κ3) is 2.67. The van der Waals surface area contributed by atoms with Crippen LogP contribution in [0.1, 0.15) is 24.0 Å². The third-order valence-electron chi connectivity index (χ3n) is 3.69. The van der Waals surface area contributed by atoms with Crippen LogP contribution in [0.25, 0.3) is 0 Å². The highest BCUT2D eigenvalue weighted by Gasteiger charge is 2.31. The first kappa shape index (κ1) is 13.5. The van der Waals surface area contributed by atoms with Crippen LogP contribution in [-0.2, 0) is 0 Å². The molecule has 0 saturated carbocycles. The summed E-state index contributed by atoms with van der Waals surface area (Å²) in [6, 6.07) is 5.69. The molecule has 2 aromatic rings. The van der Waals surface area contributed by atoms with Crippen LogP contribution in [0, 0.1) is 12.8 Å². The molecule has 2 heterocycles. The number of nitrogens with one attached hydrogen (secondary N) is 1. The first-order valence-corrected chi connectivity index (χ1v) is 7.15. The van der Waals surface area contributed by atoms with Crippen LogP contribution in [0.2, 0.25) is 5.02 Å². The Labute approximate surface area is 123 Å². The quantitative estimate of drug-likeness (QED) is 0.938. The van der Waals surface area contributed by atoms with E-state index in [0.29, 0.717) is 16.8 Å². The van der Waals surface area contributed by atoms with Crippen LogP contribution in [0.5, 0.6) is 5.75 Å². The van der Waals surface area contributed by atoms with Gasteiger partial charge < -0.3 is 14.5 Å². The highest BCUT2D eigenvalue weighted by molar-refractivity contribution is 6.31. The predicted molar refractivity (Wildman–Crippen MR) is 77.0 cm³/mol. The molecule has 0 radical (unpaired) electrons. The summed E-state index contributed by atoms with van der Waals surface area (Å²) in [6.45, 7) is 3.86. The topological polar surface area (TPSA) is 47.3 Å². The van der Waals surface area contributed by atoms with Gasteiger partial charge in [0, 0.05) is 23.0 Å². The summed E-state index contributed by atoms with van der Waals surface area (Å²) in [5, 5.41) is 4.06. The predicted octanol–water partition coefficient (Wildman–Crippen LogP) is 3.37. The van der Waals surface area contributed by atoms with E-state index in [-0.39, 0.29) is 6.10 Å². The summed E-state index contributed by atoms with van der Waals surface area (Å²) in [7, 11) is 0. The van der Waals surface area contributed by atoms with Gasteiger partial charge in [0.25, 0.3) is 0 Å². The maximum Gasteiger partial charge on any atom is 0.235 e. The highest BCUT2D eigenvalue weighted by atomic mass is 35.5. The van der Waals surface area contributed by atoms with Crippen molar-refractivity contribution in [3.63, 3.8) is 0 Å². The van der Waals surface area contributed by atoms with E-state index in [2.05, 4.69) is 10.3 Å². The summed E-state index contributed by atoms with van der Waals surface area (Å²) in [5.41, 5.74) is 0.941. The van der Waals surface area contributed by atoms with E-state index in [0.717, 1.165) is 30.8 Å². The summed E-state index contributed by atoms with van der Waals surface area (Å²) in [5.74, 6) is 1.76. The van der Waals surface area contributed by atoms with Crippen molar-refractivity contribution >= 4 is 11.6 Å². The van der Waals surface area contributed by atoms with Crippen molar-refractivity contribution in [1.29, 1.82) is 0 Å². The summed E-state index contributed by atoms with van der Waals surface area (Å²) in [6.07, 6.45) is 4.10. The molecule has 0 amide bonds. The van der Waals surface area contributed by atoms with E-state index in [9.17, 15) is 0 Å². The first-order valence-electron chi connectivity index (χ1n) is 6.77. The molecule has 1 aromatic carbocycles. The molecule has 1 aliphatic rings. The molecule has 106 valence electrons. The van der Waals surface area contributed by atoms with Crippen molar-refractivity contribution in [3.05, 3.63) is 47.1 Å². The van der Waals surface area contributed by atoms with E-state index in [4.69, 9.17) is 20.8 Å². The van der Waals surface area contributed by atoms with Crippen LogP contribution in [0.15, 0.2) is 35.1 Å². The lowest BCUT2D eigenvalue weighted by Crippen LogP contribution is -2.22. The number of hydrogen-bond donors (Lipinski definition) is 1. The number of halogens is 1. The number of benzene rings is 1. The van der Waals surface area contributed by atoms with Gasteiger partial charge >= 0.3 is 0 Å². The fraction of sp³-hybridized carbons (Fsp3) is 0.400. The normalized spacial score (nSPS) is 20.0. The second-order valence-electron chi connectivity index (χ2n) is 5.02. The lowest BCUT2D eigenvalue weighted by Gasteiger charge is -2.22. The van der Waals surface area contributed by atoms with Crippen molar-refractivity contribution in [1.82, 2.24) is 10.3 Å². The zero-order valence-corrected chi connectivity index (χ0v) is 12.1. The number of rotatable bonds is 4. The number of oxazole rings is 1. The highest BCUT2D eigenvalue weighted by Crippen LogP contribution is 2.34. The van der Waals surface area contributed by atoms with Crippen LogP contribution >= 0.6 is 11.6 Å². The molecule has 1 fully saturated rings. The SMILES string of the molecule is Cc1c(Cl)cccc1OC(c1ncco1)C1CCNC1. The molecular formula is C15H17ClN2O2. The Morgan fingerprint density at radius 3 is 3.10 bits per heavy atom. The largest absolute Gasteiger partial charge is 0.480 e. The van der Waals surface area contributed by atoms with Crippen molar-refractivity contribution in [2.45, 2.75) is 19.4 Å². The van der Waals surface area contributed by atoms with E-state index >= 15 is 0 Å². The average molecular weight is 293 g/mol. The Morgan fingerprint density at radius 1 is 1.50 bits per heavy atom. The summed E-state index contributed by atoms with van der Waals surface area (Å²) < 4.78 is 11.6. The molecular weight excluding hydrogens is 276 g/mol. The Hall–Kier alpha value is -1.52. The van der Waals surface area contributed by atoms with Crippen LogP contribution in [-0.4, -0.2) is 18.1 Å². The minimum Gasteiger partial charge on any atom is -0.480 e. The summed E-state index contributed by atoms with van der Waals surface area (Å²) >= 11 is 6.15. The zero-order chi connectivity index (χ0) is 13.9. The molecule has 2 atom stereocenters. The summed E-state index contributed by atoms with van der Waals surface area (Å²) in [4.78, 5) is 4.26. The molecule has 2 unspecified atom stereocenters. The second-order valence-corrected chi connectivity index (χ2v) is 5.43. The van der Waals surface area contributed by atoms with Crippen molar-refractivity contribution < 1.29 is 9.15 Å². The van der Waals surface area contributed by atoms with E-state index < -0.39 is 0 Å². The molecule has 1 aromatic heterocycles. The molecule has 0 aliphatic carbocycles. The van der Waals surface area contributed by atoms with Crippen molar-refractivity contribution in [3.8, 4) is 5.75 Å². The molecule has 4 nitrogen and oxygen atoms in total. The van der Waals surface area contributed by atoms with Gasteiger partial charge in [0.2, 0.25) is 5.89 Å². The minimum atomic E-state index is -0.183. The van der Waals surface area contributed by atoms with Crippen molar-refractivity contribution in [2.24, 2.45) is 5.92 Å². The van der Waals surface area contributed by atoms with E-state index in [1.807, 2.05) is 25.1 Å². The van der Waals surface area contributed by atoms with Gasteiger partial charge in [0.05, 0.1) is 6.20 Å². The Kier molecular flexibility index (Phi) is 3.94. The van der Waals surface area contributed by atoms with E-state index in [1.165, 1.54) is 0 Å². The molecule has 1 N–H and O–H groups in total. The van der Waals surface area contributed by atoms with Gasteiger partial charge in [-0.1, -0.05) is 17.7 Å². The molecule has 0 spiro atoms. The van der Waals surface area contributed by atoms with Crippen molar-refractivity contribution in [2.75, 3.05) is 13.1 Å². The number of nitrogens with zero attached hydrogens (tertiary/aromatic N) is 1. The average Bonchev–Trinajstić information content (AvgIpc) is 3.13. The minimum absolute atomic E-state index is 0.183.